The molecule has 0 atom stereocenters. The second kappa shape index (κ2) is 11.1. The first kappa shape index (κ1) is 19.3. The van der Waals surface area contributed by atoms with Gasteiger partial charge in [0, 0.05) is 13.8 Å². The molecule has 7 nitrogen and oxygen atoms in total. The van der Waals surface area contributed by atoms with Gasteiger partial charge in [0.25, 0.3) is 0 Å². The minimum absolute atomic E-state index is 0.0278. The topological polar surface area (TPSA) is 99.1 Å². The van der Waals surface area contributed by atoms with Crippen LogP contribution in [0.5, 0.6) is 0 Å². The Bertz CT molecular complexity index is 334. The first-order valence-corrected chi connectivity index (χ1v) is 5.66. The van der Waals surface area contributed by atoms with Crippen LogP contribution in [0.1, 0.15) is 40.5 Å². The van der Waals surface area contributed by atoms with E-state index >= 15 is 0 Å². The lowest BCUT2D eigenvalue weighted by atomic mass is 10.2. The van der Waals surface area contributed by atoms with Gasteiger partial charge in [-0.05, 0) is 0 Å². The van der Waals surface area contributed by atoms with Gasteiger partial charge in [-0.15, -0.1) is 0 Å². The molecule has 1 fully saturated rings. The predicted molar refractivity (Wildman–Crippen MR) is 67.5 cm³/mol. The molecule has 0 aromatic rings. The summed E-state index contributed by atoms with van der Waals surface area (Å²) in [5.74, 6) is -1.59. The fourth-order valence-electron chi connectivity index (χ4n) is 0.704. The molecule has 0 radical (unpaired) electrons. The maximum absolute atomic E-state index is 10.5. The lowest BCUT2D eigenvalue weighted by Gasteiger charge is -2.06. The van der Waals surface area contributed by atoms with Crippen LogP contribution < -0.4 is 0 Å². The summed E-state index contributed by atoms with van der Waals surface area (Å²) in [7, 11) is 1.28. The van der Waals surface area contributed by atoms with Gasteiger partial charge in [0.1, 0.15) is 13.5 Å². The molecule has 1 aliphatic heterocycles. The van der Waals surface area contributed by atoms with Gasteiger partial charge in [0.15, 0.2) is 17.3 Å². The van der Waals surface area contributed by atoms with Crippen LogP contribution in [0.3, 0.4) is 0 Å². The highest BCUT2D eigenvalue weighted by molar-refractivity contribution is 6.65. The standard InChI is InChI=1S/C6H9NO3.C3H2O3.C3H8/c1-4(8)6(5(2)9)7-10-3;4-2-1-3(5)6-2;1-3-2/h1-3H3;1H2;3H2,1-2H3. The van der Waals surface area contributed by atoms with E-state index in [-0.39, 0.29) is 23.7 Å². The second-order valence-electron chi connectivity index (χ2n) is 3.46. The smallest absolute Gasteiger partial charge is 0.324 e. The lowest BCUT2D eigenvalue weighted by Crippen LogP contribution is -2.26. The van der Waals surface area contributed by atoms with E-state index in [0.717, 1.165) is 0 Å². The SMILES string of the molecule is CCC.CON=C(C(C)=O)C(C)=O.O=C1CC(=O)O1. The highest BCUT2D eigenvalue weighted by Crippen LogP contribution is 2.00. The number of cyclic esters (lactones) is 2. The van der Waals surface area contributed by atoms with Crippen molar-refractivity contribution in [1.82, 2.24) is 0 Å². The van der Waals surface area contributed by atoms with Crippen LogP contribution in [0.4, 0.5) is 0 Å². The third-order valence-electron chi connectivity index (χ3n) is 1.37. The zero-order valence-electron chi connectivity index (χ0n) is 11.8. The first-order valence-electron chi connectivity index (χ1n) is 5.66. The number of nitrogens with zero attached hydrogens (tertiary/aromatic N) is 1. The average molecular weight is 273 g/mol. The number of carbonyl (C=O) groups excluding carboxylic acids is 4. The zero-order valence-corrected chi connectivity index (χ0v) is 11.8. The number of ketones is 2. The molecule has 1 heterocycles. The van der Waals surface area contributed by atoms with Crippen molar-refractivity contribution in [3.63, 3.8) is 0 Å². The van der Waals surface area contributed by atoms with Crippen molar-refractivity contribution in [1.29, 1.82) is 0 Å². The van der Waals surface area contributed by atoms with Crippen LogP contribution >= 0.6 is 0 Å². The first-order chi connectivity index (χ1) is 8.79. The van der Waals surface area contributed by atoms with Gasteiger partial charge in [-0.3, -0.25) is 19.2 Å². The van der Waals surface area contributed by atoms with Crippen LogP contribution in [0.15, 0.2) is 5.16 Å². The number of hydrogen-bond acceptors (Lipinski definition) is 7. The monoisotopic (exact) mass is 273 g/mol. The summed E-state index contributed by atoms with van der Waals surface area (Å²) < 4.78 is 3.86. The Morgan fingerprint density at radius 2 is 1.47 bits per heavy atom. The lowest BCUT2D eigenvalue weighted by molar-refractivity contribution is -0.174. The molecular formula is C12H19NO6. The normalized spacial score (nSPS) is 11.4. The largest absolute Gasteiger partial charge is 0.398 e. The van der Waals surface area contributed by atoms with Gasteiger partial charge < -0.3 is 9.57 Å². The van der Waals surface area contributed by atoms with Crippen molar-refractivity contribution in [3.05, 3.63) is 0 Å². The molecule has 1 saturated heterocycles. The number of ether oxygens (including phenoxy) is 1. The number of esters is 2. The highest BCUT2D eigenvalue weighted by Gasteiger charge is 2.24. The van der Waals surface area contributed by atoms with E-state index in [1.165, 1.54) is 27.4 Å². The number of Topliss-reactive ketones (excluding diaryl/α,β-unsaturated/α-hetero) is 2. The summed E-state index contributed by atoms with van der Waals surface area (Å²) in [6, 6.07) is 0. The average Bonchev–Trinajstić information content (AvgIpc) is 2.25. The van der Waals surface area contributed by atoms with Crippen molar-refractivity contribution in [2.24, 2.45) is 5.16 Å². The molecule has 0 amide bonds. The van der Waals surface area contributed by atoms with Crippen molar-refractivity contribution < 1.29 is 28.8 Å². The molecular weight excluding hydrogens is 254 g/mol. The number of carbonyl (C=O) groups is 4. The number of oxime groups is 1. The molecule has 108 valence electrons. The van der Waals surface area contributed by atoms with Gasteiger partial charge in [-0.2, -0.15) is 0 Å². The molecule has 0 aliphatic carbocycles. The maximum Gasteiger partial charge on any atom is 0.324 e. The fraction of sp³-hybridized carbons (Fsp3) is 0.583. The minimum Gasteiger partial charge on any atom is -0.398 e. The van der Waals surface area contributed by atoms with Crippen LogP contribution in [0, 0.1) is 0 Å². The summed E-state index contributed by atoms with van der Waals surface area (Å²) in [6.45, 7) is 6.78. The quantitative estimate of drug-likeness (QED) is 0.330. The Labute approximate surface area is 111 Å². The van der Waals surface area contributed by atoms with Crippen molar-refractivity contribution in [2.75, 3.05) is 7.11 Å². The molecule has 0 spiro atoms. The summed E-state index contributed by atoms with van der Waals surface area (Å²) in [6.07, 6.45) is 1.22. The molecule has 0 aromatic heterocycles. The summed E-state index contributed by atoms with van der Waals surface area (Å²) in [5.41, 5.74) is -0.150. The van der Waals surface area contributed by atoms with E-state index in [1.54, 1.807) is 0 Å². The third-order valence-corrected chi connectivity index (χ3v) is 1.37. The summed E-state index contributed by atoms with van der Waals surface area (Å²) in [4.78, 5) is 44.7. The van der Waals surface area contributed by atoms with E-state index in [1.807, 2.05) is 0 Å². The van der Waals surface area contributed by atoms with E-state index < -0.39 is 11.9 Å². The van der Waals surface area contributed by atoms with Gasteiger partial charge in [0.2, 0.25) is 0 Å². The van der Waals surface area contributed by atoms with E-state index in [2.05, 4.69) is 28.6 Å². The van der Waals surface area contributed by atoms with Gasteiger partial charge in [-0.25, -0.2) is 0 Å². The van der Waals surface area contributed by atoms with Crippen molar-refractivity contribution in [3.8, 4) is 0 Å². The van der Waals surface area contributed by atoms with Gasteiger partial charge in [0.05, 0.1) is 0 Å². The van der Waals surface area contributed by atoms with Crippen LogP contribution in [-0.4, -0.2) is 36.3 Å². The van der Waals surface area contributed by atoms with Crippen LogP contribution in [0.2, 0.25) is 0 Å². The molecule has 19 heavy (non-hydrogen) atoms. The van der Waals surface area contributed by atoms with E-state index in [9.17, 15) is 19.2 Å². The van der Waals surface area contributed by atoms with Crippen molar-refractivity contribution in [2.45, 2.75) is 40.5 Å². The maximum atomic E-state index is 10.5. The number of hydrogen-bond donors (Lipinski definition) is 0. The van der Waals surface area contributed by atoms with E-state index in [4.69, 9.17) is 0 Å². The molecule has 1 aliphatic rings. The Balaban J connectivity index is 0. The Kier molecular flexibility index (Phi) is 11.2. The molecule has 0 unspecified atom stereocenters. The van der Waals surface area contributed by atoms with E-state index in [0.29, 0.717) is 0 Å². The van der Waals surface area contributed by atoms with Crippen molar-refractivity contribution >= 4 is 29.2 Å². The molecule has 0 aromatic carbocycles. The minimum atomic E-state index is -0.417. The highest BCUT2D eigenvalue weighted by atomic mass is 16.6. The third kappa shape index (κ3) is 10.8. The summed E-state index contributed by atoms with van der Waals surface area (Å²) in [5, 5.41) is 3.24. The molecule has 0 N–H and O–H groups in total. The second-order valence-corrected chi connectivity index (χ2v) is 3.46. The number of rotatable bonds is 3. The Morgan fingerprint density at radius 3 is 1.53 bits per heavy atom. The van der Waals surface area contributed by atoms with Crippen LogP contribution in [-0.2, 0) is 28.8 Å². The van der Waals surface area contributed by atoms with Gasteiger partial charge >= 0.3 is 11.9 Å². The Hall–Kier alpha value is -2.05. The molecule has 0 saturated carbocycles. The molecule has 0 bridgehead atoms. The Morgan fingerprint density at radius 1 is 1.16 bits per heavy atom. The summed E-state index contributed by atoms with van der Waals surface area (Å²) >= 11 is 0. The molecule has 1 rings (SSSR count). The molecule has 7 heteroatoms. The van der Waals surface area contributed by atoms with Gasteiger partial charge in [-0.1, -0.05) is 25.4 Å². The predicted octanol–water partition coefficient (Wildman–Crippen LogP) is 1.04. The van der Waals surface area contributed by atoms with Crippen LogP contribution in [0.25, 0.3) is 0 Å². The fourth-order valence-corrected chi connectivity index (χ4v) is 0.704. The zero-order chi connectivity index (χ0) is 15.4.